The van der Waals surface area contributed by atoms with Gasteiger partial charge >= 0.3 is 0 Å². The van der Waals surface area contributed by atoms with Gasteiger partial charge in [-0.3, -0.25) is 4.79 Å². The Morgan fingerprint density at radius 2 is 2.25 bits per heavy atom. The van der Waals surface area contributed by atoms with Crippen LogP contribution < -0.4 is 10.2 Å². The molecule has 5 heteroatoms. The van der Waals surface area contributed by atoms with Gasteiger partial charge in [-0.1, -0.05) is 6.07 Å². The molecule has 1 heterocycles. The first kappa shape index (κ1) is 11.0. The first-order chi connectivity index (χ1) is 7.65. The lowest BCUT2D eigenvalue weighted by Gasteiger charge is -2.06. The van der Waals surface area contributed by atoms with Gasteiger partial charge in [0.15, 0.2) is 0 Å². The molecular weight excluding hydrogens is 226 g/mol. The van der Waals surface area contributed by atoms with E-state index in [-0.39, 0.29) is 11.1 Å². The van der Waals surface area contributed by atoms with Crippen LogP contribution in [0.3, 0.4) is 0 Å². The molecule has 2 rings (SSSR count). The topological polar surface area (TPSA) is 59.4 Å². The fraction of sp³-hybridized carbons (Fsp3) is 0.273. The Hall–Kier alpha value is -1.46. The molecule has 16 heavy (non-hydrogen) atoms. The van der Waals surface area contributed by atoms with Crippen LogP contribution in [0.5, 0.6) is 5.75 Å². The highest BCUT2D eigenvalue weighted by Gasteiger charge is 2.14. The van der Waals surface area contributed by atoms with Crippen LogP contribution >= 0.6 is 11.5 Å². The van der Waals surface area contributed by atoms with E-state index in [1.165, 1.54) is 25.6 Å². The number of aliphatic hydroxyl groups is 1. The number of methoxy groups -OCH3 is 1. The molecule has 0 fully saturated rings. The van der Waals surface area contributed by atoms with Crippen molar-refractivity contribution in [2.75, 3.05) is 7.11 Å². The predicted octanol–water partition coefficient (Wildman–Crippen LogP) is 1.72. The number of aliphatic hydroxyl groups excluding tert-OH is 1. The summed E-state index contributed by atoms with van der Waals surface area (Å²) in [6.07, 6.45) is -0.863. The lowest BCUT2D eigenvalue weighted by atomic mass is 10.2. The number of aromatic nitrogens is 1. The van der Waals surface area contributed by atoms with E-state index in [9.17, 15) is 9.90 Å². The summed E-state index contributed by atoms with van der Waals surface area (Å²) in [5.74, 6) is 0.517. The average molecular weight is 237 g/mol. The van der Waals surface area contributed by atoms with E-state index in [2.05, 4.69) is 4.37 Å². The van der Waals surface area contributed by atoms with Crippen molar-refractivity contribution >= 4 is 21.6 Å². The summed E-state index contributed by atoms with van der Waals surface area (Å²) in [6.45, 7) is 1.53. The fourth-order valence-electron chi connectivity index (χ4n) is 1.51. The second-order valence-corrected chi connectivity index (χ2v) is 4.21. The number of fused-ring (bicyclic) bond motifs is 1. The van der Waals surface area contributed by atoms with E-state index < -0.39 is 6.10 Å². The Kier molecular flexibility index (Phi) is 2.89. The molecule has 0 saturated heterocycles. The molecule has 0 aliphatic rings. The molecule has 0 saturated carbocycles. The summed E-state index contributed by atoms with van der Waals surface area (Å²) < 4.78 is 9.90. The highest BCUT2D eigenvalue weighted by Crippen LogP contribution is 2.25. The van der Waals surface area contributed by atoms with Crippen LogP contribution in [0.15, 0.2) is 23.0 Å². The molecule has 1 atom stereocenters. The molecule has 2 aromatic rings. The first-order valence-electron chi connectivity index (χ1n) is 4.80. The molecule has 0 amide bonds. The summed E-state index contributed by atoms with van der Waals surface area (Å²) in [6, 6.07) is 5.34. The van der Waals surface area contributed by atoms with Gasteiger partial charge in [0.05, 0.1) is 23.3 Å². The van der Waals surface area contributed by atoms with Gasteiger partial charge in [0.25, 0.3) is 0 Å². The maximum absolute atomic E-state index is 12.1. The molecule has 1 unspecified atom stereocenters. The minimum absolute atomic E-state index is 0.169. The summed E-state index contributed by atoms with van der Waals surface area (Å²) in [5.41, 5.74) is -0.0943. The molecule has 1 aromatic heterocycles. The van der Waals surface area contributed by atoms with Crippen LogP contribution in [0.25, 0.3) is 10.1 Å². The van der Waals surface area contributed by atoms with E-state index in [0.717, 1.165) is 4.70 Å². The average Bonchev–Trinajstić information content (AvgIpc) is 2.28. The van der Waals surface area contributed by atoms with Gasteiger partial charge in [0.2, 0.25) is 5.43 Å². The lowest BCUT2D eigenvalue weighted by molar-refractivity contribution is 0.194. The van der Waals surface area contributed by atoms with Crippen LogP contribution in [-0.4, -0.2) is 16.6 Å². The zero-order chi connectivity index (χ0) is 11.7. The molecule has 1 aromatic carbocycles. The minimum atomic E-state index is -0.863. The Bertz CT molecular complexity index is 577. The van der Waals surface area contributed by atoms with Crippen molar-refractivity contribution in [3.8, 4) is 5.75 Å². The summed E-state index contributed by atoms with van der Waals surface area (Å²) >= 11 is 1.19. The summed E-state index contributed by atoms with van der Waals surface area (Å²) in [5, 5.41) is 9.92. The van der Waals surface area contributed by atoms with Gasteiger partial charge in [-0.2, -0.15) is 4.37 Å². The summed E-state index contributed by atoms with van der Waals surface area (Å²) in [4.78, 5) is 12.1. The predicted molar refractivity (Wildman–Crippen MR) is 63.1 cm³/mol. The van der Waals surface area contributed by atoms with Gasteiger partial charge in [-0.05, 0) is 30.6 Å². The van der Waals surface area contributed by atoms with Gasteiger partial charge in [0.1, 0.15) is 11.4 Å². The second kappa shape index (κ2) is 4.19. The zero-order valence-corrected chi connectivity index (χ0v) is 9.75. The molecule has 84 valence electrons. The van der Waals surface area contributed by atoms with Crippen LogP contribution in [0.1, 0.15) is 18.7 Å². The normalized spacial score (nSPS) is 12.7. The Morgan fingerprint density at radius 3 is 2.88 bits per heavy atom. The van der Waals surface area contributed by atoms with Crippen molar-refractivity contribution in [2.45, 2.75) is 13.0 Å². The number of nitrogens with zero attached hydrogens (tertiary/aromatic N) is 1. The maximum atomic E-state index is 12.1. The largest absolute Gasteiger partial charge is 0.496 e. The maximum Gasteiger partial charge on any atom is 0.216 e. The van der Waals surface area contributed by atoms with Crippen molar-refractivity contribution in [2.24, 2.45) is 0 Å². The van der Waals surface area contributed by atoms with E-state index in [1.807, 2.05) is 6.07 Å². The quantitative estimate of drug-likeness (QED) is 0.864. The second-order valence-electron chi connectivity index (χ2n) is 3.41. The summed E-state index contributed by atoms with van der Waals surface area (Å²) in [7, 11) is 1.52. The molecule has 1 N–H and O–H groups in total. The molecule has 0 spiro atoms. The molecule has 4 nitrogen and oxygen atoms in total. The minimum Gasteiger partial charge on any atom is -0.496 e. The number of hydrogen-bond acceptors (Lipinski definition) is 5. The highest BCUT2D eigenvalue weighted by molar-refractivity contribution is 7.12. The Morgan fingerprint density at radius 1 is 1.50 bits per heavy atom. The Labute approximate surface area is 96.3 Å². The van der Waals surface area contributed by atoms with E-state index in [4.69, 9.17) is 4.74 Å². The molecule has 0 radical (unpaired) electrons. The van der Waals surface area contributed by atoms with Gasteiger partial charge in [-0.15, -0.1) is 0 Å². The van der Waals surface area contributed by atoms with Crippen LogP contribution in [0.4, 0.5) is 0 Å². The lowest BCUT2D eigenvalue weighted by Crippen LogP contribution is -2.13. The standard InChI is InChI=1S/C11H11NO3S/c1-6(13)10-11(14)9-7(15-2)4-3-5-8(9)16-12-10/h3-6,13H,1-2H3. The zero-order valence-electron chi connectivity index (χ0n) is 8.93. The van der Waals surface area contributed by atoms with Crippen LogP contribution in [-0.2, 0) is 0 Å². The van der Waals surface area contributed by atoms with Crippen molar-refractivity contribution in [3.63, 3.8) is 0 Å². The van der Waals surface area contributed by atoms with E-state index >= 15 is 0 Å². The van der Waals surface area contributed by atoms with Crippen LogP contribution in [0.2, 0.25) is 0 Å². The third kappa shape index (κ3) is 1.68. The first-order valence-corrected chi connectivity index (χ1v) is 5.57. The molecule has 0 aliphatic heterocycles. The number of rotatable bonds is 2. The third-order valence-electron chi connectivity index (χ3n) is 2.31. The van der Waals surface area contributed by atoms with Crippen LogP contribution in [0, 0.1) is 0 Å². The molecular formula is C11H11NO3S. The number of hydrogen-bond donors (Lipinski definition) is 1. The van der Waals surface area contributed by atoms with Crippen molar-refractivity contribution < 1.29 is 9.84 Å². The monoisotopic (exact) mass is 237 g/mol. The van der Waals surface area contributed by atoms with Gasteiger partial charge in [-0.25, -0.2) is 0 Å². The number of ether oxygens (including phenoxy) is 1. The van der Waals surface area contributed by atoms with Crippen molar-refractivity contribution in [1.82, 2.24) is 4.37 Å². The fourth-order valence-corrected chi connectivity index (χ4v) is 2.37. The highest BCUT2D eigenvalue weighted by atomic mass is 32.1. The molecule has 0 bridgehead atoms. The third-order valence-corrected chi connectivity index (χ3v) is 3.13. The van der Waals surface area contributed by atoms with Gasteiger partial charge < -0.3 is 9.84 Å². The molecule has 0 aliphatic carbocycles. The number of benzene rings is 1. The van der Waals surface area contributed by atoms with Gasteiger partial charge in [0, 0.05) is 0 Å². The Balaban J connectivity index is 2.86. The van der Waals surface area contributed by atoms with Crippen molar-refractivity contribution in [1.29, 1.82) is 0 Å². The van der Waals surface area contributed by atoms with E-state index in [1.54, 1.807) is 12.1 Å². The van der Waals surface area contributed by atoms with Crippen molar-refractivity contribution in [3.05, 3.63) is 34.1 Å². The smallest absolute Gasteiger partial charge is 0.216 e. The SMILES string of the molecule is COc1cccc2snc(C(C)O)c(=O)c12. The van der Waals surface area contributed by atoms with E-state index in [0.29, 0.717) is 11.1 Å².